The monoisotopic (exact) mass is 410 g/mol. The quantitative estimate of drug-likeness (QED) is 0.423. The Hall–Kier alpha value is -2.84. The standard InChI is InChI=1S/C20H18N4O2S2/c1-25-23-13-17(15-9-5-3-6-10-15)21-19(23)27-28-20-22-18(14-24(20)26-2)16-11-7-4-8-12-16/h3-14H,1-2H3. The van der Waals surface area contributed by atoms with E-state index < -0.39 is 0 Å². The first-order valence-electron chi connectivity index (χ1n) is 8.51. The van der Waals surface area contributed by atoms with E-state index in [1.807, 2.05) is 73.1 Å². The fourth-order valence-electron chi connectivity index (χ4n) is 2.64. The van der Waals surface area contributed by atoms with Gasteiger partial charge in [0.2, 0.25) is 10.3 Å². The van der Waals surface area contributed by atoms with Crippen LogP contribution in [-0.4, -0.2) is 33.6 Å². The Labute approximate surface area is 170 Å². The maximum Gasteiger partial charge on any atom is 0.214 e. The molecule has 0 fully saturated rings. The molecule has 4 rings (SSSR count). The maximum absolute atomic E-state index is 5.43. The molecule has 0 aliphatic heterocycles. The Kier molecular flexibility index (Phi) is 5.59. The van der Waals surface area contributed by atoms with Crippen LogP contribution in [0.3, 0.4) is 0 Å². The second-order valence-electron chi connectivity index (χ2n) is 5.73. The summed E-state index contributed by atoms with van der Waals surface area (Å²) in [5, 5.41) is 1.44. The molecule has 0 saturated carbocycles. The van der Waals surface area contributed by atoms with E-state index in [-0.39, 0.29) is 0 Å². The molecule has 0 amide bonds. The highest BCUT2D eigenvalue weighted by Gasteiger charge is 2.16. The molecule has 2 aromatic carbocycles. The Morgan fingerprint density at radius 2 is 1.04 bits per heavy atom. The van der Waals surface area contributed by atoms with E-state index in [2.05, 4.69) is 9.97 Å². The van der Waals surface area contributed by atoms with Crippen LogP contribution < -0.4 is 9.68 Å². The molecule has 2 aromatic heterocycles. The second kappa shape index (κ2) is 8.45. The Balaban J connectivity index is 1.56. The zero-order chi connectivity index (χ0) is 19.3. The van der Waals surface area contributed by atoms with Gasteiger partial charge in [-0.25, -0.2) is 9.97 Å². The van der Waals surface area contributed by atoms with Crippen LogP contribution >= 0.6 is 21.6 Å². The fourth-order valence-corrected chi connectivity index (χ4v) is 4.57. The van der Waals surface area contributed by atoms with Crippen LogP contribution in [0.15, 0.2) is 83.4 Å². The summed E-state index contributed by atoms with van der Waals surface area (Å²) >= 11 is 0. The third-order valence-electron chi connectivity index (χ3n) is 4.01. The van der Waals surface area contributed by atoms with Crippen LogP contribution in [-0.2, 0) is 0 Å². The summed E-state index contributed by atoms with van der Waals surface area (Å²) in [5.41, 5.74) is 3.78. The van der Waals surface area contributed by atoms with E-state index in [0.717, 1.165) is 32.8 Å². The molecule has 0 aliphatic rings. The molecule has 4 aromatic rings. The molecule has 6 nitrogen and oxygen atoms in total. The van der Waals surface area contributed by atoms with Crippen molar-refractivity contribution in [3.63, 3.8) is 0 Å². The lowest BCUT2D eigenvalue weighted by Crippen LogP contribution is -2.06. The van der Waals surface area contributed by atoms with Gasteiger partial charge in [-0.2, -0.15) is 9.46 Å². The number of benzene rings is 2. The van der Waals surface area contributed by atoms with E-state index in [0.29, 0.717) is 0 Å². The molecule has 0 N–H and O–H groups in total. The van der Waals surface area contributed by atoms with Crippen molar-refractivity contribution in [2.24, 2.45) is 0 Å². The SMILES string of the molecule is COn1cc(-c2ccccc2)nc1SSc1nc(-c2ccccc2)cn1OC. The molecule has 0 atom stereocenters. The van der Waals surface area contributed by atoms with Gasteiger partial charge in [0, 0.05) is 11.1 Å². The minimum absolute atomic E-state index is 0.721. The van der Waals surface area contributed by atoms with Gasteiger partial charge in [-0.3, -0.25) is 0 Å². The molecule has 28 heavy (non-hydrogen) atoms. The zero-order valence-electron chi connectivity index (χ0n) is 15.4. The van der Waals surface area contributed by atoms with E-state index in [1.54, 1.807) is 23.7 Å². The highest BCUT2D eigenvalue weighted by Crippen LogP contribution is 2.37. The summed E-state index contributed by atoms with van der Waals surface area (Å²) in [6.45, 7) is 0. The van der Waals surface area contributed by atoms with Gasteiger partial charge in [-0.1, -0.05) is 60.7 Å². The average molecular weight is 411 g/mol. The summed E-state index contributed by atoms with van der Waals surface area (Å²) in [6.07, 6.45) is 3.74. The molecule has 0 aliphatic carbocycles. The Morgan fingerprint density at radius 3 is 1.39 bits per heavy atom. The fraction of sp³-hybridized carbons (Fsp3) is 0.100. The van der Waals surface area contributed by atoms with Gasteiger partial charge in [0.1, 0.15) is 14.2 Å². The number of hydrogen-bond donors (Lipinski definition) is 0. The minimum atomic E-state index is 0.721. The lowest BCUT2D eigenvalue weighted by molar-refractivity contribution is 0.143. The van der Waals surface area contributed by atoms with Gasteiger partial charge in [0.05, 0.1) is 23.8 Å². The van der Waals surface area contributed by atoms with E-state index in [1.165, 1.54) is 21.6 Å². The van der Waals surface area contributed by atoms with Crippen LogP contribution in [0.25, 0.3) is 22.5 Å². The van der Waals surface area contributed by atoms with Gasteiger partial charge < -0.3 is 9.68 Å². The molecule has 0 radical (unpaired) electrons. The predicted molar refractivity (Wildman–Crippen MR) is 112 cm³/mol. The number of rotatable bonds is 7. The topological polar surface area (TPSA) is 54.1 Å². The van der Waals surface area contributed by atoms with Gasteiger partial charge in [-0.05, 0) is 21.6 Å². The minimum Gasteiger partial charge on any atom is -0.415 e. The highest BCUT2D eigenvalue weighted by molar-refractivity contribution is 8.76. The van der Waals surface area contributed by atoms with Crippen molar-refractivity contribution in [1.82, 2.24) is 19.4 Å². The second-order valence-corrected chi connectivity index (χ2v) is 7.80. The lowest BCUT2D eigenvalue weighted by atomic mass is 10.2. The predicted octanol–water partition coefficient (Wildman–Crippen LogP) is 4.33. The molecular weight excluding hydrogens is 392 g/mol. The summed E-state index contributed by atoms with van der Waals surface area (Å²) < 4.78 is 3.30. The number of hydrogen-bond acceptors (Lipinski definition) is 6. The van der Waals surface area contributed by atoms with E-state index in [4.69, 9.17) is 9.68 Å². The summed E-state index contributed by atoms with van der Waals surface area (Å²) in [4.78, 5) is 20.2. The molecule has 0 bridgehead atoms. The molecule has 8 heteroatoms. The van der Waals surface area contributed by atoms with E-state index >= 15 is 0 Å². The molecule has 0 saturated heterocycles. The number of aromatic nitrogens is 4. The van der Waals surface area contributed by atoms with Gasteiger partial charge >= 0.3 is 0 Å². The molecule has 0 unspecified atom stereocenters. The first kappa shape index (κ1) is 18.5. The third-order valence-corrected chi connectivity index (χ3v) is 6.08. The number of imidazole rings is 2. The summed E-state index contributed by atoms with van der Waals surface area (Å²) in [5.74, 6) is 0. The van der Waals surface area contributed by atoms with Crippen LogP contribution in [0, 0.1) is 0 Å². The van der Waals surface area contributed by atoms with Crippen molar-refractivity contribution in [3.05, 3.63) is 73.1 Å². The molecule has 2 heterocycles. The summed E-state index contributed by atoms with van der Waals surface area (Å²) in [7, 11) is 6.16. The van der Waals surface area contributed by atoms with Crippen molar-refractivity contribution in [3.8, 4) is 22.5 Å². The van der Waals surface area contributed by atoms with Gasteiger partial charge in [-0.15, -0.1) is 0 Å². The first-order valence-corrected chi connectivity index (χ1v) is 10.7. The van der Waals surface area contributed by atoms with Gasteiger partial charge in [0.25, 0.3) is 0 Å². The average Bonchev–Trinajstić information content (AvgIpc) is 3.37. The largest absolute Gasteiger partial charge is 0.415 e. The number of nitrogens with zero attached hydrogens (tertiary/aromatic N) is 4. The Bertz CT molecular complexity index is 963. The van der Waals surface area contributed by atoms with Crippen LogP contribution in [0.1, 0.15) is 0 Å². The smallest absolute Gasteiger partial charge is 0.214 e. The third kappa shape index (κ3) is 3.88. The van der Waals surface area contributed by atoms with Crippen molar-refractivity contribution in [2.75, 3.05) is 14.2 Å². The first-order chi connectivity index (χ1) is 13.8. The normalized spacial score (nSPS) is 10.8. The van der Waals surface area contributed by atoms with Crippen LogP contribution in [0.5, 0.6) is 0 Å². The lowest BCUT2D eigenvalue weighted by Gasteiger charge is -2.05. The van der Waals surface area contributed by atoms with Crippen molar-refractivity contribution >= 4 is 21.6 Å². The van der Waals surface area contributed by atoms with Crippen LogP contribution in [0.2, 0.25) is 0 Å². The zero-order valence-corrected chi connectivity index (χ0v) is 17.0. The van der Waals surface area contributed by atoms with Crippen LogP contribution in [0.4, 0.5) is 0 Å². The molecule has 0 spiro atoms. The van der Waals surface area contributed by atoms with Gasteiger partial charge in [0.15, 0.2) is 0 Å². The Morgan fingerprint density at radius 1 is 0.643 bits per heavy atom. The molecule has 142 valence electrons. The maximum atomic E-state index is 5.43. The van der Waals surface area contributed by atoms with Crippen molar-refractivity contribution < 1.29 is 9.68 Å². The molecular formula is C20H18N4O2S2. The highest BCUT2D eigenvalue weighted by atomic mass is 33.1. The van der Waals surface area contributed by atoms with Crippen molar-refractivity contribution in [2.45, 2.75) is 10.3 Å². The van der Waals surface area contributed by atoms with Crippen molar-refractivity contribution in [1.29, 1.82) is 0 Å². The van der Waals surface area contributed by atoms with E-state index in [9.17, 15) is 0 Å². The summed E-state index contributed by atoms with van der Waals surface area (Å²) in [6, 6.07) is 20.0.